The number of likely N-dealkylation sites (tertiary alicyclic amines) is 1. The summed E-state index contributed by atoms with van der Waals surface area (Å²) >= 11 is 0. The van der Waals surface area contributed by atoms with Crippen molar-refractivity contribution in [1.29, 1.82) is 0 Å². The van der Waals surface area contributed by atoms with Crippen molar-refractivity contribution in [3.05, 3.63) is 29.8 Å². The number of nitrogens with zero attached hydrogens (tertiary/aromatic N) is 1. The lowest BCUT2D eigenvalue weighted by atomic mass is 10.1. The summed E-state index contributed by atoms with van der Waals surface area (Å²) in [5.74, 6) is 1.38. The van der Waals surface area contributed by atoms with Gasteiger partial charge in [-0.2, -0.15) is 0 Å². The maximum atomic E-state index is 11.1. The number of unbranched alkanes of at least 4 members (excludes halogenated alkanes) is 1. The third-order valence-electron chi connectivity index (χ3n) is 3.54. The fourth-order valence-electron chi connectivity index (χ4n) is 2.36. The van der Waals surface area contributed by atoms with Gasteiger partial charge in [-0.1, -0.05) is 12.1 Å². The molecule has 1 heterocycles. The molecule has 0 unspecified atom stereocenters. The van der Waals surface area contributed by atoms with Gasteiger partial charge < -0.3 is 9.64 Å². The third-order valence-corrected chi connectivity index (χ3v) is 3.54. The predicted octanol–water partition coefficient (Wildman–Crippen LogP) is 2.82. The molecule has 0 radical (unpaired) electrons. The SMILES string of the molecule is Cc1cccc(OCCCCN2CCC(=O)CC2)c1. The van der Waals surface area contributed by atoms with E-state index in [9.17, 15) is 4.79 Å². The van der Waals surface area contributed by atoms with Crippen LogP contribution in [-0.2, 0) is 4.79 Å². The Morgan fingerprint density at radius 3 is 2.74 bits per heavy atom. The van der Waals surface area contributed by atoms with Gasteiger partial charge in [-0.05, 0) is 44.0 Å². The van der Waals surface area contributed by atoms with Crippen molar-refractivity contribution in [3.63, 3.8) is 0 Å². The Morgan fingerprint density at radius 1 is 1.21 bits per heavy atom. The largest absolute Gasteiger partial charge is 0.494 e. The molecule has 0 amide bonds. The molecule has 1 fully saturated rings. The summed E-state index contributed by atoms with van der Waals surface area (Å²) in [5, 5.41) is 0. The number of hydrogen-bond donors (Lipinski definition) is 0. The summed E-state index contributed by atoms with van der Waals surface area (Å²) in [4.78, 5) is 13.5. The zero-order valence-corrected chi connectivity index (χ0v) is 11.7. The van der Waals surface area contributed by atoms with Crippen molar-refractivity contribution in [2.45, 2.75) is 32.6 Å². The molecule has 19 heavy (non-hydrogen) atoms. The number of benzene rings is 1. The zero-order chi connectivity index (χ0) is 13.5. The lowest BCUT2D eigenvalue weighted by Gasteiger charge is -2.25. The van der Waals surface area contributed by atoms with Gasteiger partial charge in [0, 0.05) is 25.9 Å². The number of Topliss-reactive ketones (excluding diaryl/α,β-unsaturated/α-hetero) is 1. The smallest absolute Gasteiger partial charge is 0.135 e. The van der Waals surface area contributed by atoms with E-state index in [0.29, 0.717) is 5.78 Å². The van der Waals surface area contributed by atoms with Gasteiger partial charge in [0.05, 0.1) is 6.61 Å². The summed E-state index contributed by atoms with van der Waals surface area (Å²) in [6.07, 6.45) is 3.68. The third kappa shape index (κ3) is 5.03. The van der Waals surface area contributed by atoms with E-state index in [0.717, 1.165) is 57.7 Å². The number of ether oxygens (including phenoxy) is 1. The normalized spacial score (nSPS) is 16.6. The lowest BCUT2D eigenvalue weighted by Crippen LogP contribution is -2.34. The molecule has 0 saturated carbocycles. The van der Waals surface area contributed by atoms with Gasteiger partial charge in [-0.25, -0.2) is 0 Å². The minimum atomic E-state index is 0.416. The van der Waals surface area contributed by atoms with Gasteiger partial charge >= 0.3 is 0 Å². The van der Waals surface area contributed by atoms with Crippen molar-refractivity contribution >= 4 is 5.78 Å². The Morgan fingerprint density at radius 2 is 2.00 bits per heavy atom. The highest BCUT2D eigenvalue weighted by molar-refractivity contribution is 5.79. The molecule has 0 N–H and O–H groups in total. The zero-order valence-electron chi connectivity index (χ0n) is 11.7. The number of carbonyl (C=O) groups is 1. The van der Waals surface area contributed by atoms with Crippen LogP contribution in [0.3, 0.4) is 0 Å². The van der Waals surface area contributed by atoms with Crippen molar-refractivity contribution in [1.82, 2.24) is 4.90 Å². The molecule has 1 saturated heterocycles. The average Bonchev–Trinajstić information content (AvgIpc) is 2.41. The van der Waals surface area contributed by atoms with Crippen LogP contribution in [0, 0.1) is 6.92 Å². The van der Waals surface area contributed by atoms with Crippen molar-refractivity contribution in [2.75, 3.05) is 26.2 Å². The van der Waals surface area contributed by atoms with Crippen molar-refractivity contribution in [2.24, 2.45) is 0 Å². The highest BCUT2D eigenvalue weighted by Gasteiger charge is 2.14. The van der Waals surface area contributed by atoms with E-state index in [1.54, 1.807) is 0 Å². The summed E-state index contributed by atoms with van der Waals surface area (Å²) < 4.78 is 5.72. The van der Waals surface area contributed by atoms with Gasteiger partial charge in [-0.3, -0.25) is 4.79 Å². The van der Waals surface area contributed by atoms with E-state index in [1.807, 2.05) is 12.1 Å². The predicted molar refractivity (Wildman–Crippen MR) is 76.6 cm³/mol. The van der Waals surface area contributed by atoms with E-state index < -0.39 is 0 Å². The molecule has 0 spiro atoms. The molecular formula is C16H23NO2. The molecule has 0 bridgehead atoms. The second-order valence-corrected chi connectivity index (χ2v) is 5.25. The summed E-state index contributed by atoms with van der Waals surface area (Å²) in [5.41, 5.74) is 1.23. The topological polar surface area (TPSA) is 29.5 Å². The van der Waals surface area contributed by atoms with Crippen LogP contribution in [0.5, 0.6) is 5.75 Å². The van der Waals surface area contributed by atoms with E-state index in [2.05, 4.69) is 24.0 Å². The first kappa shape index (κ1) is 14.1. The van der Waals surface area contributed by atoms with Crippen LogP contribution >= 0.6 is 0 Å². The summed E-state index contributed by atoms with van der Waals surface area (Å²) in [6, 6.07) is 8.17. The van der Waals surface area contributed by atoms with Crippen LogP contribution in [0.4, 0.5) is 0 Å². The second-order valence-electron chi connectivity index (χ2n) is 5.25. The minimum absolute atomic E-state index is 0.416. The van der Waals surface area contributed by atoms with E-state index in [-0.39, 0.29) is 0 Å². The molecule has 3 heteroatoms. The van der Waals surface area contributed by atoms with Crippen LogP contribution in [0.1, 0.15) is 31.2 Å². The molecule has 0 atom stereocenters. The maximum absolute atomic E-state index is 11.1. The van der Waals surface area contributed by atoms with E-state index in [1.165, 1.54) is 5.56 Å². The number of carbonyl (C=O) groups excluding carboxylic acids is 1. The fourth-order valence-corrected chi connectivity index (χ4v) is 2.36. The number of aryl methyl sites for hydroxylation is 1. The van der Waals surface area contributed by atoms with E-state index in [4.69, 9.17) is 4.74 Å². The molecule has 3 nitrogen and oxygen atoms in total. The van der Waals surface area contributed by atoms with Crippen LogP contribution in [0.25, 0.3) is 0 Å². The molecular weight excluding hydrogens is 238 g/mol. The maximum Gasteiger partial charge on any atom is 0.135 e. The molecule has 1 aromatic carbocycles. The fraction of sp³-hybridized carbons (Fsp3) is 0.562. The molecule has 1 aromatic rings. The highest BCUT2D eigenvalue weighted by Crippen LogP contribution is 2.13. The second kappa shape index (κ2) is 7.29. The Balaban J connectivity index is 1.56. The summed E-state index contributed by atoms with van der Waals surface area (Å²) in [6.45, 7) is 5.82. The van der Waals surface area contributed by atoms with Gasteiger partial charge in [-0.15, -0.1) is 0 Å². The number of hydrogen-bond acceptors (Lipinski definition) is 3. The van der Waals surface area contributed by atoms with Crippen LogP contribution in [0.2, 0.25) is 0 Å². The molecule has 1 aliphatic rings. The average molecular weight is 261 g/mol. The Hall–Kier alpha value is -1.35. The Labute approximate surface area is 115 Å². The first-order chi connectivity index (χ1) is 9.24. The Bertz CT molecular complexity index is 407. The first-order valence-corrected chi connectivity index (χ1v) is 7.17. The molecule has 2 rings (SSSR count). The number of rotatable bonds is 6. The quantitative estimate of drug-likeness (QED) is 0.737. The van der Waals surface area contributed by atoms with Crippen molar-refractivity contribution in [3.8, 4) is 5.75 Å². The molecule has 0 aromatic heterocycles. The number of ketones is 1. The molecule has 104 valence electrons. The Kier molecular flexibility index (Phi) is 5.40. The lowest BCUT2D eigenvalue weighted by molar-refractivity contribution is -0.121. The summed E-state index contributed by atoms with van der Waals surface area (Å²) in [7, 11) is 0. The van der Waals surface area contributed by atoms with E-state index >= 15 is 0 Å². The molecule has 1 aliphatic heterocycles. The first-order valence-electron chi connectivity index (χ1n) is 7.17. The standard InChI is InChI=1S/C16H23NO2/c1-14-5-4-6-16(13-14)19-12-3-2-9-17-10-7-15(18)8-11-17/h4-6,13H,2-3,7-12H2,1H3. The minimum Gasteiger partial charge on any atom is -0.494 e. The van der Waals surface area contributed by atoms with Crippen LogP contribution < -0.4 is 4.74 Å². The van der Waals surface area contributed by atoms with Gasteiger partial charge in [0.2, 0.25) is 0 Å². The number of piperidine rings is 1. The van der Waals surface area contributed by atoms with Crippen LogP contribution in [-0.4, -0.2) is 36.9 Å². The van der Waals surface area contributed by atoms with Crippen molar-refractivity contribution < 1.29 is 9.53 Å². The van der Waals surface area contributed by atoms with Gasteiger partial charge in [0.1, 0.15) is 11.5 Å². The van der Waals surface area contributed by atoms with Gasteiger partial charge in [0.25, 0.3) is 0 Å². The van der Waals surface area contributed by atoms with Gasteiger partial charge in [0.15, 0.2) is 0 Å². The van der Waals surface area contributed by atoms with Crippen LogP contribution in [0.15, 0.2) is 24.3 Å². The highest BCUT2D eigenvalue weighted by atomic mass is 16.5. The molecule has 0 aliphatic carbocycles. The monoisotopic (exact) mass is 261 g/mol.